The molecule has 0 aromatic carbocycles. The molecule has 0 spiro atoms. The normalized spacial score (nSPS) is 19.0. The van der Waals surface area contributed by atoms with E-state index in [1.807, 2.05) is 13.0 Å². The van der Waals surface area contributed by atoms with E-state index in [1.165, 1.54) is 12.8 Å². The van der Waals surface area contributed by atoms with E-state index in [9.17, 15) is 0 Å². The number of aromatic nitrogens is 1. The van der Waals surface area contributed by atoms with Crippen LogP contribution in [-0.4, -0.2) is 29.7 Å². The smallest absolute Gasteiger partial charge is 0.128 e. The molecule has 1 fully saturated rings. The fourth-order valence-corrected chi connectivity index (χ4v) is 3.06. The molecule has 1 N–H and O–H groups in total. The van der Waals surface area contributed by atoms with Crippen LogP contribution in [0.3, 0.4) is 0 Å². The second-order valence-corrected chi connectivity index (χ2v) is 5.76. The molecule has 0 radical (unpaired) electrons. The summed E-state index contributed by atoms with van der Waals surface area (Å²) >= 11 is 0. The molecule has 0 bridgehead atoms. The fraction of sp³-hybridized carbons (Fsp3) is 0.562. The van der Waals surface area contributed by atoms with E-state index in [0.29, 0.717) is 6.04 Å². The zero-order valence-electron chi connectivity index (χ0n) is 12.7. The predicted octanol–water partition coefficient (Wildman–Crippen LogP) is 3.06. The molecule has 2 atom stereocenters. The first-order valence-corrected chi connectivity index (χ1v) is 7.67. The van der Waals surface area contributed by atoms with Gasteiger partial charge < -0.3 is 14.3 Å². The van der Waals surface area contributed by atoms with Crippen molar-refractivity contribution in [2.24, 2.45) is 0 Å². The minimum atomic E-state index is 0.219. The van der Waals surface area contributed by atoms with Gasteiger partial charge in [0.15, 0.2) is 0 Å². The number of nitrogens with one attached hydrogen (secondary N) is 1. The second kappa shape index (κ2) is 6.45. The Hall–Kier alpha value is -1.59. The summed E-state index contributed by atoms with van der Waals surface area (Å²) in [6, 6.07) is 4.55. The number of nitrogens with zero attached hydrogens (tertiary/aromatic N) is 2. The van der Waals surface area contributed by atoms with Crippen molar-refractivity contribution < 1.29 is 8.94 Å². The molecule has 0 unspecified atom stereocenters. The molecule has 1 aliphatic heterocycles. The van der Waals surface area contributed by atoms with Crippen LogP contribution >= 0.6 is 0 Å². The monoisotopic (exact) mass is 289 g/mol. The molecule has 3 rings (SSSR count). The number of rotatable bonds is 6. The number of furan rings is 1. The number of aryl methyl sites for hydroxylation is 1. The SMILES string of the molecule is Cc1nocc1[C@H](C)NC[C@@H](c1ccco1)N1CCCC1. The van der Waals surface area contributed by atoms with Crippen molar-refractivity contribution in [3.05, 3.63) is 41.7 Å². The van der Waals surface area contributed by atoms with Gasteiger partial charge in [0, 0.05) is 18.2 Å². The average molecular weight is 289 g/mol. The van der Waals surface area contributed by atoms with Crippen molar-refractivity contribution in [2.45, 2.75) is 38.8 Å². The van der Waals surface area contributed by atoms with Gasteiger partial charge in [-0.25, -0.2) is 0 Å². The van der Waals surface area contributed by atoms with Crippen molar-refractivity contribution in [2.75, 3.05) is 19.6 Å². The Morgan fingerprint density at radius 1 is 1.38 bits per heavy atom. The molecule has 0 saturated carbocycles. The lowest BCUT2D eigenvalue weighted by Gasteiger charge is -2.27. The van der Waals surface area contributed by atoms with E-state index in [-0.39, 0.29) is 6.04 Å². The van der Waals surface area contributed by atoms with Gasteiger partial charge in [0.2, 0.25) is 0 Å². The Labute approximate surface area is 125 Å². The van der Waals surface area contributed by atoms with Crippen molar-refractivity contribution in [3.8, 4) is 0 Å². The lowest BCUT2D eigenvalue weighted by atomic mass is 10.1. The summed E-state index contributed by atoms with van der Waals surface area (Å²) in [6.07, 6.45) is 6.03. The minimum absolute atomic E-state index is 0.219. The summed E-state index contributed by atoms with van der Waals surface area (Å²) < 4.78 is 10.7. The van der Waals surface area contributed by atoms with Crippen molar-refractivity contribution in [1.82, 2.24) is 15.4 Å². The molecule has 3 heterocycles. The predicted molar refractivity (Wildman–Crippen MR) is 79.9 cm³/mol. The third kappa shape index (κ3) is 3.19. The van der Waals surface area contributed by atoms with Gasteiger partial charge in [0.25, 0.3) is 0 Å². The van der Waals surface area contributed by atoms with Gasteiger partial charge >= 0.3 is 0 Å². The molecule has 0 amide bonds. The molecule has 5 heteroatoms. The van der Waals surface area contributed by atoms with E-state index >= 15 is 0 Å². The first kappa shape index (κ1) is 14.4. The van der Waals surface area contributed by atoms with Crippen LogP contribution in [0, 0.1) is 6.92 Å². The zero-order valence-corrected chi connectivity index (χ0v) is 12.7. The maximum absolute atomic E-state index is 5.64. The van der Waals surface area contributed by atoms with Crippen LogP contribution in [0.25, 0.3) is 0 Å². The van der Waals surface area contributed by atoms with Gasteiger partial charge in [0.05, 0.1) is 18.0 Å². The Balaban J connectivity index is 1.66. The number of hydrogen-bond acceptors (Lipinski definition) is 5. The first-order valence-electron chi connectivity index (χ1n) is 7.67. The molecule has 21 heavy (non-hydrogen) atoms. The van der Waals surface area contributed by atoms with Crippen LogP contribution < -0.4 is 5.32 Å². The Kier molecular flexibility index (Phi) is 4.41. The molecule has 2 aromatic rings. The summed E-state index contributed by atoms with van der Waals surface area (Å²) in [5.41, 5.74) is 2.07. The Bertz CT molecular complexity index is 544. The summed E-state index contributed by atoms with van der Waals surface area (Å²) in [5.74, 6) is 1.04. The summed E-state index contributed by atoms with van der Waals surface area (Å²) in [7, 11) is 0. The highest BCUT2D eigenvalue weighted by Crippen LogP contribution is 2.26. The van der Waals surface area contributed by atoms with Crippen LogP contribution in [0.5, 0.6) is 0 Å². The maximum atomic E-state index is 5.64. The molecular weight excluding hydrogens is 266 g/mol. The fourth-order valence-electron chi connectivity index (χ4n) is 3.06. The third-order valence-electron chi connectivity index (χ3n) is 4.32. The molecular formula is C16H23N3O2. The highest BCUT2D eigenvalue weighted by Gasteiger charge is 2.26. The van der Waals surface area contributed by atoms with E-state index < -0.39 is 0 Å². The Morgan fingerprint density at radius 2 is 2.19 bits per heavy atom. The van der Waals surface area contributed by atoms with Gasteiger partial charge in [0.1, 0.15) is 12.0 Å². The number of likely N-dealkylation sites (tertiary alicyclic amines) is 1. The van der Waals surface area contributed by atoms with Crippen LogP contribution in [0.1, 0.15) is 48.9 Å². The van der Waals surface area contributed by atoms with E-state index in [4.69, 9.17) is 8.94 Å². The first-order chi connectivity index (χ1) is 10.3. The quantitative estimate of drug-likeness (QED) is 0.885. The van der Waals surface area contributed by atoms with Gasteiger partial charge in [-0.2, -0.15) is 0 Å². The lowest BCUT2D eigenvalue weighted by Crippen LogP contribution is -2.35. The van der Waals surface area contributed by atoms with Crippen molar-refractivity contribution in [1.29, 1.82) is 0 Å². The van der Waals surface area contributed by atoms with Crippen LogP contribution in [0.4, 0.5) is 0 Å². The topological polar surface area (TPSA) is 54.4 Å². The van der Waals surface area contributed by atoms with Gasteiger partial charge in [-0.1, -0.05) is 5.16 Å². The van der Waals surface area contributed by atoms with Crippen LogP contribution in [0.2, 0.25) is 0 Å². The van der Waals surface area contributed by atoms with Crippen LogP contribution in [-0.2, 0) is 0 Å². The average Bonchev–Trinajstić information content (AvgIpc) is 3.21. The highest BCUT2D eigenvalue weighted by atomic mass is 16.5. The molecule has 114 valence electrons. The maximum Gasteiger partial charge on any atom is 0.128 e. The van der Waals surface area contributed by atoms with Crippen molar-refractivity contribution in [3.63, 3.8) is 0 Å². The summed E-state index contributed by atoms with van der Waals surface area (Å²) in [4.78, 5) is 2.50. The molecule has 1 saturated heterocycles. The molecule has 0 aliphatic carbocycles. The summed E-state index contributed by atoms with van der Waals surface area (Å²) in [6.45, 7) is 7.27. The summed E-state index contributed by atoms with van der Waals surface area (Å²) in [5, 5.41) is 7.54. The van der Waals surface area contributed by atoms with E-state index in [2.05, 4.69) is 28.4 Å². The Morgan fingerprint density at radius 3 is 2.81 bits per heavy atom. The largest absolute Gasteiger partial charge is 0.468 e. The third-order valence-corrected chi connectivity index (χ3v) is 4.32. The van der Waals surface area contributed by atoms with Crippen LogP contribution in [0.15, 0.2) is 33.6 Å². The highest BCUT2D eigenvalue weighted by molar-refractivity contribution is 5.17. The van der Waals surface area contributed by atoms with Gasteiger partial charge in [-0.15, -0.1) is 0 Å². The van der Waals surface area contributed by atoms with Gasteiger partial charge in [-0.05, 0) is 51.9 Å². The molecule has 2 aromatic heterocycles. The molecule has 1 aliphatic rings. The minimum Gasteiger partial charge on any atom is -0.468 e. The van der Waals surface area contributed by atoms with Crippen molar-refractivity contribution >= 4 is 0 Å². The lowest BCUT2D eigenvalue weighted by molar-refractivity contribution is 0.205. The molecule has 5 nitrogen and oxygen atoms in total. The van der Waals surface area contributed by atoms with E-state index in [0.717, 1.165) is 36.7 Å². The second-order valence-electron chi connectivity index (χ2n) is 5.76. The van der Waals surface area contributed by atoms with E-state index in [1.54, 1.807) is 12.5 Å². The zero-order chi connectivity index (χ0) is 14.7. The standard InChI is InChI=1S/C16H23N3O2/c1-12(14-11-21-18-13(14)2)17-10-15(16-6-5-9-20-16)19-7-3-4-8-19/h5-6,9,11-12,15,17H,3-4,7-8,10H2,1-2H3/t12-,15-/m0/s1. The van der Waals surface area contributed by atoms with Gasteiger partial charge in [-0.3, -0.25) is 4.90 Å². The number of hydrogen-bond donors (Lipinski definition) is 1.